The van der Waals surface area contributed by atoms with Gasteiger partial charge in [0.05, 0.1) is 6.10 Å². The zero-order valence-corrected chi connectivity index (χ0v) is 18.9. The summed E-state index contributed by atoms with van der Waals surface area (Å²) in [4.78, 5) is 22.7. The Labute approximate surface area is 197 Å². The maximum absolute atomic E-state index is 12.8. The highest BCUT2D eigenvalue weighted by atomic mass is 16.3. The van der Waals surface area contributed by atoms with E-state index in [1.54, 1.807) is 17.3 Å². The number of aliphatic hydroxyl groups is 1. The van der Waals surface area contributed by atoms with E-state index in [9.17, 15) is 9.90 Å². The molecule has 1 saturated heterocycles. The quantitative estimate of drug-likeness (QED) is 0.483. The molecule has 0 unspecified atom stereocenters. The Hall–Kier alpha value is -3.71. The summed E-state index contributed by atoms with van der Waals surface area (Å²) in [6.07, 6.45) is 8.63. The molecule has 3 heterocycles. The number of para-hydroxylation sites is 1. The second-order valence-electron chi connectivity index (χ2n) is 9.48. The lowest BCUT2D eigenvalue weighted by molar-refractivity contribution is -0.141. The molecule has 2 aliphatic rings. The fraction of sp³-hybridized carbons (Fsp3) is 0.296. The molecule has 6 rings (SSSR count). The summed E-state index contributed by atoms with van der Waals surface area (Å²) in [6.45, 7) is 1.15. The number of hydrogen-bond donors (Lipinski definition) is 2. The van der Waals surface area contributed by atoms with Gasteiger partial charge in [0.1, 0.15) is 6.54 Å². The molecule has 2 aromatic carbocycles. The molecule has 2 aromatic heterocycles. The zero-order chi connectivity index (χ0) is 23.3. The van der Waals surface area contributed by atoms with E-state index >= 15 is 0 Å². The first-order valence-electron chi connectivity index (χ1n) is 11.8. The first-order chi connectivity index (χ1) is 16.5. The number of nitrogen functional groups attached to an aromatic ring is 1. The monoisotopic (exact) mass is 453 g/mol. The number of likely N-dealkylation sites (tertiary alicyclic amines) is 1. The molecule has 172 valence electrons. The molecule has 0 atom stereocenters. The number of carbonyl (C=O) groups is 1. The van der Waals surface area contributed by atoms with Crippen molar-refractivity contribution in [3.63, 3.8) is 0 Å². The molecule has 1 aliphatic carbocycles. The number of aromatic nitrogens is 3. The van der Waals surface area contributed by atoms with Gasteiger partial charge in [0.2, 0.25) is 11.9 Å². The van der Waals surface area contributed by atoms with Crippen LogP contribution in [0.3, 0.4) is 0 Å². The van der Waals surface area contributed by atoms with Crippen molar-refractivity contribution in [2.24, 2.45) is 0 Å². The number of amides is 1. The van der Waals surface area contributed by atoms with E-state index in [4.69, 9.17) is 5.73 Å². The summed E-state index contributed by atoms with van der Waals surface area (Å²) in [6, 6.07) is 17.0. The zero-order valence-electron chi connectivity index (χ0n) is 18.9. The molecule has 4 aromatic rings. The van der Waals surface area contributed by atoms with Gasteiger partial charge in [0.15, 0.2) is 0 Å². The minimum atomic E-state index is -0.387. The lowest BCUT2D eigenvalue weighted by Gasteiger charge is -2.43. The van der Waals surface area contributed by atoms with Crippen molar-refractivity contribution in [3.8, 4) is 11.1 Å². The normalized spacial score (nSPS) is 17.4. The van der Waals surface area contributed by atoms with Crippen LogP contribution in [0.2, 0.25) is 0 Å². The Morgan fingerprint density at radius 3 is 2.38 bits per heavy atom. The molecule has 7 nitrogen and oxygen atoms in total. The minimum Gasteiger partial charge on any atom is -0.389 e. The van der Waals surface area contributed by atoms with E-state index in [1.807, 2.05) is 6.07 Å². The number of rotatable bonds is 5. The van der Waals surface area contributed by atoms with Crippen molar-refractivity contribution < 1.29 is 9.90 Å². The van der Waals surface area contributed by atoms with E-state index < -0.39 is 0 Å². The summed E-state index contributed by atoms with van der Waals surface area (Å²) in [5, 5.41) is 10.8. The van der Waals surface area contributed by atoms with Crippen LogP contribution < -0.4 is 5.73 Å². The fourth-order valence-corrected chi connectivity index (χ4v) is 5.38. The van der Waals surface area contributed by atoms with Gasteiger partial charge in [0, 0.05) is 53.6 Å². The summed E-state index contributed by atoms with van der Waals surface area (Å²) in [5.41, 5.74) is 11.2. The van der Waals surface area contributed by atoms with Crippen LogP contribution in [0.4, 0.5) is 5.95 Å². The number of nitrogens with two attached hydrogens (primary N) is 1. The van der Waals surface area contributed by atoms with Crippen LogP contribution in [0.15, 0.2) is 67.1 Å². The lowest BCUT2D eigenvalue weighted by atomic mass is 9.60. The van der Waals surface area contributed by atoms with E-state index in [0.717, 1.165) is 29.5 Å². The first-order valence-corrected chi connectivity index (χ1v) is 11.8. The molecule has 2 fully saturated rings. The molecule has 0 bridgehead atoms. The smallest absolute Gasteiger partial charge is 0.242 e. The Balaban J connectivity index is 1.36. The summed E-state index contributed by atoms with van der Waals surface area (Å²) < 4.78 is 2.08. The van der Waals surface area contributed by atoms with E-state index in [2.05, 4.69) is 63.2 Å². The molecule has 1 amide bonds. The van der Waals surface area contributed by atoms with Crippen LogP contribution in [-0.4, -0.2) is 49.6 Å². The van der Waals surface area contributed by atoms with Gasteiger partial charge >= 0.3 is 0 Å². The van der Waals surface area contributed by atoms with Gasteiger partial charge in [0.25, 0.3) is 0 Å². The molecule has 0 spiro atoms. The molecule has 3 N–H and O–H groups in total. The minimum absolute atomic E-state index is 0.0512. The van der Waals surface area contributed by atoms with Crippen LogP contribution >= 0.6 is 0 Å². The van der Waals surface area contributed by atoms with Gasteiger partial charge in [-0.25, -0.2) is 9.97 Å². The van der Waals surface area contributed by atoms with Crippen LogP contribution in [-0.2, 0) is 16.8 Å². The predicted molar refractivity (Wildman–Crippen MR) is 131 cm³/mol. The maximum Gasteiger partial charge on any atom is 0.242 e. The van der Waals surface area contributed by atoms with E-state index in [1.165, 1.54) is 22.9 Å². The predicted octanol–water partition coefficient (Wildman–Crippen LogP) is 3.35. The number of β-amino-alcohol motifs (C(OH)–C–C–N with tert-alkyl or cyclic N) is 1. The van der Waals surface area contributed by atoms with Crippen molar-refractivity contribution in [1.82, 2.24) is 19.4 Å². The lowest BCUT2D eigenvalue weighted by Crippen LogP contribution is -2.54. The SMILES string of the molecule is Nc1ncc(-c2ccc(C3(c4cn(CC(=O)N5CC(O)C5)c5ccccc45)CCC3)cc2)cn1. The number of fused-ring (bicyclic) bond motifs is 1. The molecule has 34 heavy (non-hydrogen) atoms. The third-order valence-corrected chi connectivity index (χ3v) is 7.47. The van der Waals surface area contributed by atoms with Crippen LogP contribution in [0.5, 0.6) is 0 Å². The number of hydrogen-bond acceptors (Lipinski definition) is 5. The van der Waals surface area contributed by atoms with Crippen molar-refractivity contribution in [2.75, 3.05) is 18.8 Å². The number of benzene rings is 2. The van der Waals surface area contributed by atoms with Gasteiger partial charge < -0.3 is 20.3 Å². The van der Waals surface area contributed by atoms with E-state index in [0.29, 0.717) is 19.6 Å². The van der Waals surface area contributed by atoms with Gasteiger partial charge in [-0.3, -0.25) is 4.79 Å². The highest BCUT2D eigenvalue weighted by Gasteiger charge is 2.42. The number of nitrogens with zero attached hydrogens (tertiary/aromatic N) is 4. The van der Waals surface area contributed by atoms with Gasteiger partial charge in [-0.1, -0.05) is 48.9 Å². The summed E-state index contributed by atoms with van der Waals surface area (Å²) in [5.74, 6) is 0.323. The third-order valence-electron chi connectivity index (χ3n) is 7.47. The standard InChI is InChI=1S/C27H27N5O2/c28-26-29-12-19(13-30-26)18-6-8-20(9-7-18)27(10-3-11-27)23-16-31(24-5-2-1-4-22(23)24)17-25(34)32-14-21(33)15-32/h1-2,4-9,12-13,16,21,33H,3,10-11,14-15,17H2,(H2,28,29,30). The Kier molecular flexibility index (Phi) is 4.88. The highest BCUT2D eigenvalue weighted by molar-refractivity contribution is 5.88. The second-order valence-corrected chi connectivity index (χ2v) is 9.48. The Morgan fingerprint density at radius 2 is 1.74 bits per heavy atom. The molecule has 1 saturated carbocycles. The highest BCUT2D eigenvalue weighted by Crippen LogP contribution is 2.51. The maximum atomic E-state index is 12.8. The molecule has 7 heteroatoms. The summed E-state index contributed by atoms with van der Waals surface area (Å²) >= 11 is 0. The molecule has 1 aliphatic heterocycles. The number of carbonyl (C=O) groups excluding carboxylic acids is 1. The number of anilines is 1. The van der Waals surface area contributed by atoms with Crippen molar-refractivity contribution in [1.29, 1.82) is 0 Å². The van der Waals surface area contributed by atoms with Crippen molar-refractivity contribution in [2.45, 2.75) is 37.3 Å². The van der Waals surface area contributed by atoms with Gasteiger partial charge in [-0.2, -0.15) is 0 Å². The Bertz CT molecular complexity index is 1350. The summed E-state index contributed by atoms with van der Waals surface area (Å²) in [7, 11) is 0. The average molecular weight is 454 g/mol. The fourth-order valence-electron chi connectivity index (χ4n) is 5.38. The van der Waals surface area contributed by atoms with E-state index in [-0.39, 0.29) is 23.4 Å². The number of aliphatic hydroxyl groups excluding tert-OH is 1. The topological polar surface area (TPSA) is 97.3 Å². The molecule has 0 radical (unpaired) electrons. The Morgan fingerprint density at radius 1 is 1.03 bits per heavy atom. The van der Waals surface area contributed by atoms with Crippen molar-refractivity contribution in [3.05, 3.63) is 78.2 Å². The van der Waals surface area contributed by atoms with Gasteiger partial charge in [-0.15, -0.1) is 0 Å². The first kappa shape index (κ1) is 20.9. The van der Waals surface area contributed by atoms with Crippen LogP contribution in [0.25, 0.3) is 22.0 Å². The average Bonchev–Trinajstić information content (AvgIpc) is 3.16. The van der Waals surface area contributed by atoms with Crippen molar-refractivity contribution >= 4 is 22.8 Å². The second kappa shape index (κ2) is 7.95. The molecular weight excluding hydrogens is 426 g/mol. The van der Waals surface area contributed by atoms with Gasteiger partial charge in [-0.05, 0) is 35.6 Å². The third kappa shape index (κ3) is 3.35. The van der Waals surface area contributed by atoms with Crippen LogP contribution in [0.1, 0.15) is 30.4 Å². The van der Waals surface area contributed by atoms with Crippen LogP contribution in [0, 0.1) is 0 Å². The molecular formula is C27H27N5O2. The largest absolute Gasteiger partial charge is 0.389 e.